The summed E-state index contributed by atoms with van der Waals surface area (Å²) in [7, 11) is -3.58. The van der Waals surface area contributed by atoms with Crippen LogP contribution < -0.4 is 4.18 Å². The molecule has 14 heavy (non-hydrogen) atoms. The Balaban J connectivity index is 2.99. The van der Waals surface area contributed by atoms with Crippen molar-refractivity contribution in [2.45, 2.75) is 6.92 Å². The van der Waals surface area contributed by atoms with Crippen molar-refractivity contribution in [1.29, 1.82) is 0 Å². The van der Waals surface area contributed by atoms with Crippen molar-refractivity contribution in [3.05, 3.63) is 22.4 Å². The fraction of sp³-hybridized carbons (Fsp3) is 0.286. The summed E-state index contributed by atoms with van der Waals surface area (Å²) in [5.41, 5.74) is 0. The van der Waals surface area contributed by atoms with Gasteiger partial charge in [0.2, 0.25) is 0 Å². The molecule has 1 aromatic rings. The van der Waals surface area contributed by atoms with E-state index < -0.39 is 10.1 Å². The molecule has 0 aliphatic rings. The summed E-state index contributed by atoms with van der Waals surface area (Å²) in [5, 5.41) is 0.103. The van der Waals surface area contributed by atoms with Gasteiger partial charge < -0.3 is 4.18 Å². The van der Waals surface area contributed by atoms with Crippen molar-refractivity contribution in [2.24, 2.45) is 0 Å². The molecule has 0 aliphatic carbocycles. The number of pyridine rings is 1. The van der Waals surface area contributed by atoms with E-state index in [2.05, 4.69) is 9.17 Å². The van der Waals surface area contributed by atoms with Crippen molar-refractivity contribution in [1.82, 2.24) is 4.98 Å². The highest BCUT2D eigenvalue weighted by Crippen LogP contribution is 2.25. The first-order chi connectivity index (χ1) is 6.44. The molecule has 0 saturated heterocycles. The molecule has 0 saturated carbocycles. The third-order valence-electron chi connectivity index (χ3n) is 1.35. The molecule has 1 rings (SSSR count). The van der Waals surface area contributed by atoms with E-state index in [0.29, 0.717) is 0 Å². The Morgan fingerprint density at radius 3 is 2.57 bits per heavy atom. The van der Waals surface area contributed by atoms with Crippen LogP contribution in [0.15, 0.2) is 12.1 Å². The van der Waals surface area contributed by atoms with E-state index in [4.69, 9.17) is 23.2 Å². The molecule has 0 bridgehead atoms. The zero-order valence-electron chi connectivity index (χ0n) is 7.20. The number of hydrogen-bond donors (Lipinski definition) is 0. The third-order valence-corrected chi connectivity index (χ3v) is 2.97. The molecule has 4 nitrogen and oxygen atoms in total. The van der Waals surface area contributed by atoms with Gasteiger partial charge in [0.25, 0.3) is 0 Å². The maximum atomic E-state index is 11.1. The van der Waals surface area contributed by atoms with Crippen LogP contribution >= 0.6 is 23.2 Å². The van der Waals surface area contributed by atoms with Crippen LogP contribution in [0.2, 0.25) is 10.3 Å². The fourth-order valence-corrected chi connectivity index (χ4v) is 1.61. The molecular weight excluding hydrogens is 249 g/mol. The number of rotatable bonds is 3. The van der Waals surface area contributed by atoms with E-state index in [9.17, 15) is 8.42 Å². The molecule has 1 heterocycles. The first kappa shape index (κ1) is 11.6. The van der Waals surface area contributed by atoms with Crippen molar-refractivity contribution in [3.63, 3.8) is 0 Å². The van der Waals surface area contributed by atoms with Crippen LogP contribution in [0, 0.1) is 0 Å². The molecule has 78 valence electrons. The van der Waals surface area contributed by atoms with Crippen molar-refractivity contribution < 1.29 is 12.6 Å². The molecule has 0 aromatic carbocycles. The Labute approximate surface area is 91.9 Å². The molecule has 0 radical (unpaired) electrons. The maximum Gasteiger partial charge on any atom is 0.309 e. The highest BCUT2D eigenvalue weighted by molar-refractivity contribution is 7.87. The maximum absolute atomic E-state index is 11.1. The van der Waals surface area contributed by atoms with Crippen LogP contribution in [0.5, 0.6) is 5.75 Å². The molecule has 0 aliphatic heterocycles. The molecule has 0 amide bonds. The fourth-order valence-electron chi connectivity index (χ4n) is 0.657. The number of halogens is 2. The van der Waals surface area contributed by atoms with Crippen LogP contribution in [0.25, 0.3) is 0 Å². The van der Waals surface area contributed by atoms with Crippen molar-refractivity contribution in [2.75, 3.05) is 5.75 Å². The standard InChI is InChI=1S/C7H7Cl2NO3S/c1-2-14(11,12)13-5-3-4-6(8)10-7(5)9/h3-4H,2H2,1H3. The van der Waals surface area contributed by atoms with Crippen molar-refractivity contribution >= 4 is 33.3 Å². The van der Waals surface area contributed by atoms with E-state index >= 15 is 0 Å². The van der Waals surface area contributed by atoms with Gasteiger partial charge in [-0.1, -0.05) is 23.2 Å². The zero-order chi connectivity index (χ0) is 10.8. The normalized spacial score (nSPS) is 11.4. The minimum absolute atomic E-state index is 0.0158. The summed E-state index contributed by atoms with van der Waals surface area (Å²) in [6.45, 7) is 1.46. The Bertz CT molecular complexity index is 433. The Morgan fingerprint density at radius 2 is 2.07 bits per heavy atom. The minimum Gasteiger partial charge on any atom is -0.379 e. The van der Waals surface area contributed by atoms with Gasteiger partial charge in [0, 0.05) is 0 Å². The smallest absolute Gasteiger partial charge is 0.309 e. The number of nitrogens with zero attached hydrogens (tertiary/aromatic N) is 1. The second-order valence-electron chi connectivity index (χ2n) is 2.35. The largest absolute Gasteiger partial charge is 0.379 e. The molecular formula is C7H7Cl2NO3S. The van der Waals surface area contributed by atoms with Crippen molar-refractivity contribution in [3.8, 4) is 5.75 Å². The first-order valence-electron chi connectivity index (χ1n) is 3.69. The van der Waals surface area contributed by atoms with E-state index in [-0.39, 0.29) is 21.8 Å². The lowest BCUT2D eigenvalue weighted by Gasteiger charge is -2.05. The molecule has 1 aromatic heterocycles. The van der Waals surface area contributed by atoms with E-state index in [0.717, 1.165) is 0 Å². The van der Waals surface area contributed by atoms with Crippen LogP contribution in [-0.4, -0.2) is 19.2 Å². The summed E-state index contributed by atoms with van der Waals surface area (Å²) in [4.78, 5) is 3.63. The Hall–Kier alpha value is -0.520. The van der Waals surface area contributed by atoms with Gasteiger partial charge in [-0.2, -0.15) is 8.42 Å². The summed E-state index contributed by atoms with van der Waals surface area (Å²) in [6.07, 6.45) is 0. The summed E-state index contributed by atoms with van der Waals surface area (Å²) in [5.74, 6) is -0.149. The monoisotopic (exact) mass is 255 g/mol. The predicted octanol–water partition coefficient (Wildman–Crippen LogP) is 2.12. The van der Waals surface area contributed by atoms with E-state index in [1.165, 1.54) is 19.1 Å². The second kappa shape index (κ2) is 4.33. The van der Waals surface area contributed by atoms with Gasteiger partial charge in [0.15, 0.2) is 10.9 Å². The van der Waals surface area contributed by atoms with Gasteiger partial charge >= 0.3 is 10.1 Å². The highest BCUT2D eigenvalue weighted by atomic mass is 35.5. The van der Waals surface area contributed by atoms with Crippen LogP contribution in [0.4, 0.5) is 0 Å². The summed E-state index contributed by atoms with van der Waals surface area (Å²) in [6, 6.07) is 2.75. The number of aromatic nitrogens is 1. The molecule has 0 spiro atoms. The predicted molar refractivity (Wildman–Crippen MR) is 54.3 cm³/mol. The lowest BCUT2D eigenvalue weighted by atomic mass is 10.5. The van der Waals surface area contributed by atoms with Gasteiger partial charge in [-0.25, -0.2) is 4.98 Å². The highest BCUT2D eigenvalue weighted by Gasteiger charge is 2.12. The summed E-state index contributed by atoms with van der Waals surface area (Å²) >= 11 is 11.1. The number of hydrogen-bond acceptors (Lipinski definition) is 4. The first-order valence-corrected chi connectivity index (χ1v) is 6.02. The Kier molecular flexibility index (Phi) is 3.58. The van der Waals surface area contributed by atoms with Gasteiger partial charge in [0.1, 0.15) is 5.15 Å². The van der Waals surface area contributed by atoms with Crippen LogP contribution in [0.3, 0.4) is 0 Å². The average Bonchev–Trinajstić information content (AvgIpc) is 2.10. The second-order valence-corrected chi connectivity index (χ2v) is 4.96. The van der Waals surface area contributed by atoms with Gasteiger partial charge in [-0.3, -0.25) is 0 Å². The topological polar surface area (TPSA) is 56.3 Å². The quantitative estimate of drug-likeness (QED) is 0.614. The van der Waals surface area contributed by atoms with Crippen LogP contribution in [0.1, 0.15) is 6.92 Å². The van der Waals surface area contributed by atoms with E-state index in [1.54, 1.807) is 0 Å². The SMILES string of the molecule is CCS(=O)(=O)Oc1ccc(Cl)nc1Cl. The zero-order valence-corrected chi connectivity index (χ0v) is 9.53. The van der Waals surface area contributed by atoms with Gasteiger partial charge in [-0.05, 0) is 19.1 Å². The third kappa shape index (κ3) is 3.01. The lowest BCUT2D eigenvalue weighted by Crippen LogP contribution is -2.11. The molecule has 0 atom stereocenters. The summed E-state index contributed by atoms with van der Waals surface area (Å²) < 4.78 is 26.8. The molecule has 7 heteroatoms. The molecule has 0 unspecified atom stereocenters. The molecule has 0 fully saturated rings. The molecule has 0 N–H and O–H groups in total. The van der Waals surface area contributed by atoms with Gasteiger partial charge in [0.05, 0.1) is 5.75 Å². The minimum atomic E-state index is -3.58. The Morgan fingerprint density at radius 1 is 1.43 bits per heavy atom. The average molecular weight is 256 g/mol. The van der Waals surface area contributed by atoms with Crippen LogP contribution in [-0.2, 0) is 10.1 Å². The van der Waals surface area contributed by atoms with Gasteiger partial charge in [-0.15, -0.1) is 0 Å². The lowest BCUT2D eigenvalue weighted by molar-refractivity contribution is 0.486. The van der Waals surface area contributed by atoms with E-state index in [1.807, 2.05) is 0 Å².